The van der Waals surface area contributed by atoms with Gasteiger partial charge in [-0.15, -0.1) is 0 Å². The predicted octanol–water partition coefficient (Wildman–Crippen LogP) is 5.61. The van der Waals surface area contributed by atoms with Gasteiger partial charge in [0.05, 0.1) is 22.7 Å². The average Bonchev–Trinajstić information content (AvgIpc) is 2.73. The fraction of sp³-hybridized carbons (Fsp3) is 0.182. The fourth-order valence-electron chi connectivity index (χ4n) is 3.69. The first kappa shape index (κ1) is 17.9. The molecule has 0 fully saturated rings. The molecule has 3 aromatic rings. The molecular weight excluding hydrogens is 348 g/mol. The standard InChI is InChI=1S/C22H25N6/c1-3-26(4-2)17-10-12-19-21(14-17)27(16-8-6-5-7-9-16)22-15-18(28(23)24)11-13-20(22)25-19/h5-15,25H,3-4H2,1-2H3,(H3,23,24)/q+1. The molecule has 0 amide bonds. The quantitative estimate of drug-likeness (QED) is 0.184. The molecule has 0 bridgehead atoms. The maximum atomic E-state index is 7.76. The Bertz CT molecular complexity index is 1010. The van der Waals surface area contributed by atoms with E-state index in [0.29, 0.717) is 5.69 Å². The third kappa shape index (κ3) is 3.03. The summed E-state index contributed by atoms with van der Waals surface area (Å²) in [6, 6.07) is 22.5. The van der Waals surface area contributed by atoms with Crippen LogP contribution in [0.5, 0.6) is 0 Å². The van der Waals surface area contributed by atoms with Crippen molar-refractivity contribution in [1.82, 2.24) is 0 Å². The van der Waals surface area contributed by atoms with Gasteiger partial charge in [0.1, 0.15) is 0 Å². The van der Waals surface area contributed by atoms with Crippen molar-refractivity contribution in [3.8, 4) is 0 Å². The van der Waals surface area contributed by atoms with Crippen molar-refractivity contribution < 1.29 is 4.81 Å². The van der Waals surface area contributed by atoms with Crippen molar-refractivity contribution >= 4 is 39.8 Å². The van der Waals surface area contributed by atoms with E-state index in [1.165, 1.54) is 5.69 Å². The number of nitrogens with zero attached hydrogens (tertiary/aromatic N) is 3. The minimum Gasteiger partial charge on any atom is -0.372 e. The van der Waals surface area contributed by atoms with Gasteiger partial charge in [-0.3, -0.25) is 0 Å². The summed E-state index contributed by atoms with van der Waals surface area (Å²) in [6.45, 7) is 6.25. The number of anilines is 6. The Balaban J connectivity index is 1.92. The van der Waals surface area contributed by atoms with Crippen LogP contribution >= 0.6 is 0 Å². The lowest BCUT2D eigenvalue weighted by atomic mass is 10.1. The lowest BCUT2D eigenvalue weighted by Crippen LogP contribution is -2.23. The molecule has 3 aromatic carbocycles. The SMILES string of the molecule is CCN(CC)c1ccc2c(c1)N(c1ccccc1)c1cc([N+](=N)N)ccc1N2. The topological polar surface area (TPSA) is 71.4 Å². The third-order valence-corrected chi connectivity index (χ3v) is 5.13. The third-order valence-electron chi connectivity index (χ3n) is 5.13. The van der Waals surface area contributed by atoms with Crippen LogP contribution in [-0.4, -0.2) is 17.9 Å². The molecule has 6 nitrogen and oxygen atoms in total. The Morgan fingerprint density at radius 1 is 0.929 bits per heavy atom. The Kier molecular flexibility index (Phi) is 4.61. The second-order valence-corrected chi connectivity index (χ2v) is 6.74. The molecule has 0 atom stereocenters. The first-order valence-corrected chi connectivity index (χ1v) is 9.53. The van der Waals surface area contributed by atoms with E-state index in [1.54, 1.807) is 0 Å². The van der Waals surface area contributed by atoms with E-state index in [-0.39, 0.29) is 0 Å². The Morgan fingerprint density at radius 2 is 1.57 bits per heavy atom. The Labute approximate surface area is 165 Å². The molecule has 1 aliphatic rings. The van der Waals surface area contributed by atoms with Crippen molar-refractivity contribution in [2.75, 3.05) is 28.2 Å². The van der Waals surface area contributed by atoms with Gasteiger partial charge in [-0.25, -0.2) is 0 Å². The highest BCUT2D eigenvalue weighted by Gasteiger charge is 2.26. The molecule has 28 heavy (non-hydrogen) atoms. The van der Waals surface area contributed by atoms with Crippen molar-refractivity contribution in [1.29, 1.82) is 5.53 Å². The van der Waals surface area contributed by atoms with Crippen LogP contribution in [0.1, 0.15) is 13.8 Å². The van der Waals surface area contributed by atoms with E-state index >= 15 is 0 Å². The number of nitrogens with two attached hydrogens (primary N) is 1. The normalized spacial score (nSPS) is 12.0. The van der Waals surface area contributed by atoms with Crippen LogP contribution in [0.3, 0.4) is 0 Å². The summed E-state index contributed by atoms with van der Waals surface area (Å²) in [7, 11) is 0. The maximum Gasteiger partial charge on any atom is 0.266 e. The monoisotopic (exact) mass is 373 g/mol. The summed E-state index contributed by atoms with van der Waals surface area (Å²) in [5, 5.41) is 3.53. The average molecular weight is 373 g/mol. The summed E-state index contributed by atoms with van der Waals surface area (Å²) >= 11 is 0. The highest BCUT2D eigenvalue weighted by atomic mass is 15.4. The van der Waals surface area contributed by atoms with Crippen LogP contribution in [0.15, 0.2) is 66.7 Å². The minimum atomic E-state index is 0.629. The zero-order chi connectivity index (χ0) is 19.7. The molecule has 0 aliphatic carbocycles. The Morgan fingerprint density at radius 3 is 2.21 bits per heavy atom. The molecule has 0 unspecified atom stereocenters. The molecule has 1 heterocycles. The van der Waals surface area contributed by atoms with Crippen molar-refractivity contribution in [2.45, 2.75) is 13.8 Å². The highest BCUT2D eigenvalue weighted by molar-refractivity contribution is 5.98. The van der Waals surface area contributed by atoms with Gasteiger partial charge in [-0.1, -0.05) is 18.2 Å². The summed E-state index contributed by atoms with van der Waals surface area (Å²) in [6.07, 6.45) is 0. The molecule has 4 rings (SSSR count). The summed E-state index contributed by atoms with van der Waals surface area (Å²) in [4.78, 5) is 5.45. The van der Waals surface area contributed by atoms with Gasteiger partial charge >= 0.3 is 0 Å². The van der Waals surface area contributed by atoms with Crippen molar-refractivity contribution in [2.24, 2.45) is 5.84 Å². The lowest BCUT2D eigenvalue weighted by Gasteiger charge is -2.35. The van der Waals surface area contributed by atoms with Gasteiger partial charge < -0.3 is 15.1 Å². The van der Waals surface area contributed by atoms with E-state index in [4.69, 9.17) is 11.4 Å². The lowest BCUT2D eigenvalue weighted by molar-refractivity contribution is -0.547. The van der Waals surface area contributed by atoms with Gasteiger partial charge in [-0.2, -0.15) is 5.84 Å². The van der Waals surface area contributed by atoms with E-state index < -0.39 is 0 Å². The van der Waals surface area contributed by atoms with Gasteiger partial charge in [0.15, 0.2) is 0 Å². The molecule has 4 N–H and O–H groups in total. The number of benzene rings is 3. The van der Waals surface area contributed by atoms with E-state index in [0.717, 1.165) is 46.3 Å². The molecule has 0 saturated carbocycles. The summed E-state index contributed by atoms with van der Waals surface area (Å²) in [5.74, 6) is 5.68. The zero-order valence-electron chi connectivity index (χ0n) is 16.2. The van der Waals surface area contributed by atoms with E-state index in [9.17, 15) is 0 Å². The first-order valence-electron chi connectivity index (χ1n) is 9.53. The number of fused-ring (bicyclic) bond motifs is 2. The zero-order valence-corrected chi connectivity index (χ0v) is 16.2. The Hall–Kier alpha value is -3.54. The fourth-order valence-corrected chi connectivity index (χ4v) is 3.69. The van der Waals surface area contributed by atoms with Crippen LogP contribution in [-0.2, 0) is 0 Å². The van der Waals surface area contributed by atoms with Gasteiger partial charge in [0, 0.05) is 41.4 Å². The van der Waals surface area contributed by atoms with Gasteiger partial charge in [0.2, 0.25) is 0 Å². The van der Waals surface area contributed by atoms with Crippen LogP contribution < -0.4 is 21.0 Å². The number of hydrogen-bond donors (Lipinski definition) is 3. The van der Waals surface area contributed by atoms with Crippen LogP contribution in [0, 0.1) is 5.53 Å². The van der Waals surface area contributed by atoms with Crippen LogP contribution in [0.25, 0.3) is 0 Å². The molecule has 0 saturated heterocycles. The summed E-state index contributed by atoms with van der Waals surface area (Å²) < 4.78 is 0. The predicted molar refractivity (Wildman–Crippen MR) is 115 cm³/mol. The van der Waals surface area contributed by atoms with E-state index in [1.807, 2.05) is 36.4 Å². The number of para-hydroxylation sites is 1. The number of nitrogens with one attached hydrogen (secondary N) is 2. The highest BCUT2D eigenvalue weighted by Crippen LogP contribution is 2.49. The number of hydrazine groups is 1. The molecule has 0 spiro atoms. The van der Waals surface area contributed by atoms with E-state index in [2.05, 4.69) is 59.3 Å². The molecule has 1 aliphatic heterocycles. The van der Waals surface area contributed by atoms with Gasteiger partial charge in [-0.05, 0) is 55.8 Å². The first-order chi connectivity index (χ1) is 13.6. The van der Waals surface area contributed by atoms with Crippen LogP contribution in [0.2, 0.25) is 0 Å². The second kappa shape index (κ2) is 7.23. The summed E-state index contributed by atoms with van der Waals surface area (Å²) in [5.41, 5.74) is 14.7. The van der Waals surface area contributed by atoms with Crippen LogP contribution in [0.4, 0.5) is 39.8 Å². The smallest absolute Gasteiger partial charge is 0.266 e. The number of hydrogen-bond acceptors (Lipinski definition) is 4. The molecular formula is C22H25N6+. The van der Waals surface area contributed by atoms with Crippen molar-refractivity contribution in [3.63, 3.8) is 0 Å². The second-order valence-electron chi connectivity index (χ2n) is 6.74. The molecule has 142 valence electrons. The molecule has 6 heteroatoms. The molecule has 0 radical (unpaired) electrons. The molecule has 0 aromatic heterocycles. The number of rotatable bonds is 5. The van der Waals surface area contributed by atoms with Crippen molar-refractivity contribution in [3.05, 3.63) is 66.7 Å². The minimum absolute atomic E-state index is 0.629. The maximum absolute atomic E-state index is 7.76. The largest absolute Gasteiger partial charge is 0.372 e. The van der Waals surface area contributed by atoms with Gasteiger partial charge in [0.25, 0.3) is 5.69 Å².